The molecule has 2 heteroatoms. The lowest BCUT2D eigenvalue weighted by Crippen LogP contribution is -1.95. The molecule has 14 heavy (non-hydrogen) atoms. The zero-order valence-electron chi connectivity index (χ0n) is 8.49. The van der Waals surface area contributed by atoms with Crippen LogP contribution in [-0.2, 0) is 6.42 Å². The molecule has 0 unspecified atom stereocenters. The Morgan fingerprint density at radius 2 is 2.00 bits per heavy atom. The van der Waals surface area contributed by atoms with Crippen molar-refractivity contribution in [1.82, 2.24) is 9.97 Å². The van der Waals surface area contributed by atoms with Crippen molar-refractivity contribution in [3.8, 4) is 0 Å². The second kappa shape index (κ2) is 3.74. The molecular formula is C12H13N2. The van der Waals surface area contributed by atoms with Crippen molar-refractivity contribution in [3.63, 3.8) is 0 Å². The summed E-state index contributed by atoms with van der Waals surface area (Å²) in [6.45, 7) is 4.24. The van der Waals surface area contributed by atoms with Crippen LogP contribution in [0.25, 0.3) is 11.0 Å². The van der Waals surface area contributed by atoms with E-state index in [-0.39, 0.29) is 0 Å². The number of hydrogen-bond donors (Lipinski definition) is 0. The summed E-state index contributed by atoms with van der Waals surface area (Å²) in [6.07, 6.45) is 2.74. The summed E-state index contributed by atoms with van der Waals surface area (Å²) in [5.74, 6) is 1.38. The predicted molar refractivity (Wildman–Crippen MR) is 57.8 cm³/mol. The first-order valence-corrected chi connectivity index (χ1v) is 4.75. The predicted octanol–water partition coefficient (Wildman–Crippen LogP) is 2.79. The largest absolute Gasteiger partial charge is 0.255 e. The van der Waals surface area contributed by atoms with Gasteiger partial charge in [0.15, 0.2) is 0 Å². The van der Waals surface area contributed by atoms with Crippen molar-refractivity contribution < 1.29 is 0 Å². The normalized spacial score (nSPS) is 11.1. The van der Waals surface area contributed by atoms with Crippen LogP contribution in [0, 0.1) is 5.92 Å². The van der Waals surface area contributed by atoms with Crippen LogP contribution in [0.4, 0.5) is 0 Å². The number of nitrogens with zero attached hydrogens (tertiary/aromatic N) is 2. The molecule has 0 aliphatic carbocycles. The van der Waals surface area contributed by atoms with E-state index in [9.17, 15) is 0 Å². The molecule has 2 aromatic heterocycles. The highest BCUT2D eigenvalue weighted by Gasteiger charge is 2.01. The minimum atomic E-state index is 0.949. The van der Waals surface area contributed by atoms with Crippen LogP contribution in [0.2, 0.25) is 0 Å². The topological polar surface area (TPSA) is 25.8 Å². The van der Waals surface area contributed by atoms with Crippen LogP contribution in [0.5, 0.6) is 0 Å². The summed E-state index contributed by atoms with van der Waals surface area (Å²) < 4.78 is 0. The van der Waals surface area contributed by atoms with Gasteiger partial charge in [-0.15, -0.1) is 0 Å². The van der Waals surface area contributed by atoms with E-state index in [2.05, 4.69) is 23.8 Å². The van der Waals surface area contributed by atoms with E-state index in [0.29, 0.717) is 0 Å². The molecule has 0 aliphatic heterocycles. The van der Waals surface area contributed by atoms with Crippen molar-refractivity contribution in [2.24, 2.45) is 0 Å². The van der Waals surface area contributed by atoms with Gasteiger partial charge < -0.3 is 0 Å². The minimum absolute atomic E-state index is 0.949. The van der Waals surface area contributed by atoms with E-state index < -0.39 is 0 Å². The highest BCUT2D eigenvalue weighted by Crippen LogP contribution is 2.12. The molecule has 0 aliphatic rings. The molecular weight excluding hydrogens is 172 g/mol. The number of pyridine rings is 2. The van der Waals surface area contributed by atoms with Gasteiger partial charge in [0, 0.05) is 11.9 Å². The van der Waals surface area contributed by atoms with Crippen LogP contribution in [0.3, 0.4) is 0 Å². The summed E-state index contributed by atoms with van der Waals surface area (Å²) >= 11 is 0. The van der Waals surface area contributed by atoms with E-state index in [1.54, 1.807) is 6.20 Å². The van der Waals surface area contributed by atoms with Gasteiger partial charge in [-0.3, -0.25) is 9.97 Å². The third-order valence-electron chi connectivity index (χ3n) is 2.05. The average Bonchev–Trinajstić information content (AvgIpc) is 2.17. The molecule has 0 fully saturated rings. The first-order valence-electron chi connectivity index (χ1n) is 4.75. The van der Waals surface area contributed by atoms with Gasteiger partial charge in [-0.25, -0.2) is 0 Å². The van der Waals surface area contributed by atoms with Gasteiger partial charge in [-0.05, 0) is 36.6 Å². The Hall–Kier alpha value is -1.44. The second-order valence-electron chi connectivity index (χ2n) is 3.73. The molecule has 2 aromatic rings. The second-order valence-corrected chi connectivity index (χ2v) is 3.73. The molecule has 0 N–H and O–H groups in total. The molecule has 2 rings (SSSR count). The fourth-order valence-electron chi connectivity index (χ4n) is 1.46. The summed E-state index contributed by atoms with van der Waals surface area (Å²) in [4.78, 5) is 8.76. The van der Waals surface area contributed by atoms with Gasteiger partial charge >= 0.3 is 0 Å². The van der Waals surface area contributed by atoms with Crippen molar-refractivity contribution in [2.45, 2.75) is 20.3 Å². The van der Waals surface area contributed by atoms with E-state index in [1.165, 1.54) is 5.92 Å². The summed E-state index contributed by atoms with van der Waals surface area (Å²) in [5.41, 5.74) is 3.06. The molecule has 0 saturated carbocycles. The van der Waals surface area contributed by atoms with Crippen molar-refractivity contribution in [1.29, 1.82) is 0 Å². The Balaban J connectivity index is 2.41. The monoisotopic (exact) mass is 185 g/mol. The van der Waals surface area contributed by atoms with E-state index in [1.807, 2.05) is 24.3 Å². The van der Waals surface area contributed by atoms with E-state index >= 15 is 0 Å². The quantitative estimate of drug-likeness (QED) is 0.719. The van der Waals surface area contributed by atoms with E-state index in [0.717, 1.165) is 23.1 Å². The standard InChI is InChI=1S/C12H13N2/c1-9(2)8-10-5-6-11-12(14-10)4-3-7-13-11/h3-7H,8H2,1-2H3. The molecule has 0 aromatic carbocycles. The number of rotatable bonds is 2. The van der Waals surface area contributed by atoms with Crippen LogP contribution < -0.4 is 0 Å². The lowest BCUT2D eigenvalue weighted by atomic mass is 10.1. The maximum absolute atomic E-state index is 4.53. The lowest BCUT2D eigenvalue weighted by Gasteiger charge is -2.04. The van der Waals surface area contributed by atoms with Crippen LogP contribution in [-0.4, -0.2) is 9.97 Å². The molecule has 0 spiro atoms. The molecule has 0 bridgehead atoms. The first-order chi connectivity index (χ1) is 6.75. The number of fused-ring (bicyclic) bond motifs is 1. The Kier molecular flexibility index (Phi) is 2.44. The van der Waals surface area contributed by atoms with Gasteiger partial charge in [-0.2, -0.15) is 0 Å². The molecule has 0 saturated heterocycles. The molecule has 1 radical (unpaired) electrons. The zero-order valence-corrected chi connectivity index (χ0v) is 8.49. The number of hydrogen-bond acceptors (Lipinski definition) is 2. The smallest absolute Gasteiger partial charge is 0.0889 e. The van der Waals surface area contributed by atoms with Gasteiger partial charge in [0.25, 0.3) is 0 Å². The van der Waals surface area contributed by atoms with Crippen molar-refractivity contribution in [3.05, 3.63) is 42.1 Å². The molecule has 0 atom stereocenters. The Labute approximate surface area is 84.0 Å². The van der Waals surface area contributed by atoms with Crippen LogP contribution in [0.1, 0.15) is 19.5 Å². The molecule has 2 heterocycles. The Bertz CT molecular complexity index is 435. The number of aromatic nitrogens is 2. The van der Waals surface area contributed by atoms with Crippen LogP contribution >= 0.6 is 0 Å². The molecule has 71 valence electrons. The first kappa shape index (κ1) is 9.13. The van der Waals surface area contributed by atoms with Crippen molar-refractivity contribution in [2.75, 3.05) is 0 Å². The Morgan fingerprint density at radius 3 is 2.79 bits per heavy atom. The van der Waals surface area contributed by atoms with Gasteiger partial charge in [0.05, 0.1) is 11.0 Å². The summed E-state index contributed by atoms with van der Waals surface area (Å²) in [5, 5.41) is 0. The summed E-state index contributed by atoms with van der Waals surface area (Å²) in [7, 11) is 0. The fourth-order valence-corrected chi connectivity index (χ4v) is 1.46. The third-order valence-corrected chi connectivity index (χ3v) is 2.05. The maximum Gasteiger partial charge on any atom is 0.0889 e. The highest BCUT2D eigenvalue weighted by molar-refractivity contribution is 5.73. The average molecular weight is 185 g/mol. The zero-order chi connectivity index (χ0) is 9.97. The third kappa shape index (κ3) is 1.90. The Morgan fingerprint density at radius 1 is 1.14 bits per heavy atom. The maximum atomic E-state index is 4.53. The van der Waals surface area contributed by atoms with E-state index in [4.69, 9.17) is 0 Å². The van der Waals surface area contributed by atoms with Gasteiger partial charge in [-0.1, -0.05) is 13.8 Å². The fraction of sp³-hybridized carbons (Fsp3) is 0.250. The van der Waals surface area contributed by atoms with Gasteiger partial charge in [0.1, 0.15) is 0 Å². The highest BCUT2D eigenvalue weighted by atomic mass is 14.8. The lowest BCUT2D eigenvalue weighted by molar-refractivity contribution is 0.923. The van der Waals surface area contributed by atoms with Crippen LogP contribution in [0.15, 0.2) is 30.5 Å². The SMILES string of the molecule is C[C](C)Cc1ccc2ncccc2n1. The van der Waals surface area contributed by atoms with Gasteiger partial charge in [0.2, 0.25) is 0 Å². The molecule has 2 nitrogen and oxygen atoms in total. The molecule has 0 amide bonds. The van der Waals surface area contributed by atoms with Crippen molar-refractivity contribution >= 4 is 11.0 Å². The minimum Gasteiger partial charge on any atom is -0.255 e. The summed E-state index contributed by atoms with van der Waals surface area (Å²) in [6, 6.07) is 7.99.